The molecule has 0 radical (unpaired) electrons. The van der Waals surface area contributed by atoms with Gasteiger partial charge in [0.2, 0.25) is 11.8 Å². The van der Waals surface area contributed by atoms with Gasteiger partial charge in [0.1, 0.15) is 6.54 Å². The maximum Gasteiger partial charge on any atom is 0.323 e. The van der Waals surface area contributed by atoms with Crippen molar-refractivity contribution in [3.05, 3.63) is 35.9 Å². The fourth-order valence-corrected chi connectivity index (χ4v) is 4.24. The van der Waals surface area contributed by atoms with Crippen molar-refractivity contribution >= 4 is 17.8 Å². The third kappa shape index (κ3) is 7.13. The van der Waals surface area contributed by atoms with Gasteiger partial charge in [-0.05, 0) is 58.2 Å². The van der Waals surface area contributed by atoms with Gasteiger partial charge >= 0.3 is 5.97 Å². The smallest absolute Gasteiger partial charge is 0.323 e. The Bertz CT molecular complexity index is 712. The molecule has 0 unspecified atom stereocenters. The van der Waals surface area contributed by atoms with Gasteiger partial charge in [-0.1, -0.05) is 30.3 Å². The molecule has 1 aliphatic carbocycles. The summed E-state index contributed by atoms with van der Waals surface area (Å²) in [4.78, 5) is 38.3. The summed E-state index contributed by atoms with van der Waals surface area (Å²) in [5.41, 5.74) is 1.45. The Kier molecular flexibility index (Phi) is 8.84. The van der Waals surface area contributed by atoms with E-state index < -0.39 is 5.97 Å². The van der Waals surface area contributed by atoms with Crippen molar-refractivity contribution in [2.75, 3.05) is 27.7 Å². The van der Waals surface area contributed by atoms with Gasteiger partial charge in [0.25, 0.3) is 0 Å². The van der Waals surface area contributed by atoms with Crippen molar-refractivity contribution in [3.63, 3.8) is 0 Å². The molecule has 7 heteroatoms. The summed E-state index contributed by atoms with van der Waals surface area (Å²) in [6, 6.07) is 10.7. The van der Waals surface area contributed by atoms with Crippen LogP contribution in [0.15, 0.2) is 30.3 Å². The molecule has 0 heterocycles. The van der Waals surface area contributed by atoms with Crippen LogP contribution < -0.4 is 5.32 Å². The standard InChI is InChI=1S/C23H35N3O4/c1-25(2)23(16-18-8-5-4-6-9-18)14-12-19(13-15-23)24-20(27)10-7-11-21(28)26(3)17-22(29)30/h4-6,8-9,19H,7,10-17H2,1-3H3,(H,24,27)(H,29,30). The molecular formula is C23H35N3O4. The minimum Gasteiger partial charge on any atom is -0.480 e. The number of carbonyl (C=O) groups is 3. The molecule has 1 aliphatic rings. The largest absolute Gasteiger partial charge is 0.480 e. The van der Waals surface area contributed by atoms with E-state index in [-0.39, 0.29) is 42.8 Å². The number of aliphatic carboxylic acids is 1. The number of carbonyl (C=O) groups excluding carboxylic acids is 2. The highest BCUT2D eigenvalue weighted by molar-refractivity contribution is 5.82. The van der Waals surface area contributed by atoms with Gasteiger partial charge in [-0.2, -0.15) is 0 Å². The molecule has 7 nitrogen and oxygen atoms in total. The predicted molar refractivity (Wildman–Crippen MR) is 116 cm³/mol. The maximum absolute atomic E-state index is 12.3. The minimum atomic E-state index is -1.04. The number of rotatable bonds is 10. The summed E-state index contributed by atoms with van der Waals surface area (Å²) < 4.78 is 0. The van der Waals surface area contributed by atoms with Gasteiger partial charge in [-0.25, -0.2) is 0 Å². The number of carboxylic acids is 1. The van der Waals surface area contributed by atoms with Crippen LogP contribution in [0.25, 0.3) is 0 Å². The summed E-state index contributed by atoms with van der Waals surface area (Å²) >= 11 is 0. The molecule has 0 aliphatic heterocycles. The average molecular weight is 418 g/mol. The van der Waals surface area contributed by atoms with Crippen molar-refractivity contribution in [1.29, 1.82) is 0 Å². The SMILES string of the molecule is CN(CC(=O)O)C(=O)CCCC(=O)NC1CCC(Cc2ccccc2)(N(C)C)CC1. The van der Waals surface area contributed by atoms with Gasteiger partial charge in [0.15, 0.2) is 0 Å². The van der Waals surface area contributed by atoms with Gasteiger partial charge in [0, 0.05) is 31.5 Å². The Labute approximate surface area is 179 Å². The first-order chi connectivity index (χ1) is 14.2. The van der Waals surface area contributed by atoms with Crippen LogP contribution in [0.5, 0.6) is 0 Å². The summed E-state index contributed by atoms with van der Waals surface area (Å²) in [6.07, 6.45) is 5.84. The molecule has 2 amide bonds. The Morgan fingerprint density at radius 1 is 1.07 bits per heavy atom. The molecule has 0 bridgehead atoms. The lowest BCUT2D eigenvalue weighted by atomic mass is 9.75. The average Bonchev–Trinajstić information content (AvgIpc) is 2.69. The second-order valence-corrected chi connectivity index (χ2v) is 8.62. The van der Waals surface area contributed by atoms with Crippen LogP contribution in [0.3, 0.4) is 0 Å². The monoisotopic (exact) mass is 417 g/mol. The van der Waals surface area contributed by atoms with Gasteiger partial charge in [-0.3, -0.25) is 14.4 Å². The number of benzene rings is 1. The number of hydrogen-bond acceptors (Lipinski definition) is 4. The van der Waals surface area contributed by atoms with Crippen LogP contribution in [0, 0.1) is 0 Å². The Morgan fingerprint density at radius 3 is 2.27 bits per heavy atom. The van der Waals surface area contributed by atoms with E-state index in [9.17, 15) is 14.4 Å². The molecule has 0 atom stereocenters. The fourth-order valence-electron chi connectivity index (χ4n) is 4.24. The molecule has 0 spiro atoms. The highest BCUT2D eigenvalue weighted by atomic mass is 16.4. The van der Waals surface area contributed by atoms with E-state index in [4.69, 9.17) is 5.11 Å². The Hall–Kier alpha value is -2.41. The molecule has 1 aromatic rings. The van der Waals surface area contributed by atoms with Gasteiger partial charge in [0.05, 0.1) is 0 Å². The van der Waals surface area contributed by atoms with E-state index in [1.165, 1.54) is 17.5 Å². The first-order valence-electron chi connectivity index (χ1n) is 10.7. The molecule has 0 saturated heterocycles. The summed E-state index contributed by atoms with van der Waals surface area (Å²) in [5, 5.41) is 11.8. The summed E-state index contributed by atoms with van der Waals surface area (Å²) in [6.45, 7) is -0.316. The molecule has 1 aromatic carbocycles. The van der Waals surface area contributed by atoms with Crippen LogP contribution in [0.4, 0.5) is 0 Å². The van der Waals surface area contributed by atoms with Crippen LogP contribution in [-0.2, 0) is 20.8 Å². The lowest BCUT2D eigenvalue weighted by Gasteiger charge is -2.45. The molecule has 0 aromatic heterocycles. The summed E-state index contributed by atoms with van der Waals surface area (Å²) in [5.74, 6) is -1.32. The number of likely N-dealkylation sites (N-methyl/N-ethyl adjacent to an activating group) is 2. The zero-order chi connectivity index (χ0) is 22.1. The first-order valence-corrected chi connectivity index (χ1v) is 10.7. The number of hydrogen-bond donors (Lipinski definition) is 2. The summed E-state index contributed by atoms with van der Waals surface area (Å²) in [7, 11) is 5.74. The van der Waals surface area contributed by atoms with Gasteiger partial charge in [-0.15, -0.1) is 0 Å². The number of nitrogens with zero attached hydrogens (tertiary/aromatic N) is 2. The highest BCUT2D eigenvalue weighted by Crippen LogP contribution is 2.35. The number of amides is 2. The van der Waals surface area contributed by atoms with Crippen molar-refractivity contribution in [1.82, 2.24) is 15.1 Å². The van der Waals surface area contributed by atoms with Crippen molar-refractivity contribution in [3.8, 4) is 0 Å². The van der Waals surface area contributed by atoms with Crippen LogP contribution in [0.1, 0.15) is 50.5 Å². The van der Waals surface area contributed by atoms with Crippen LogP contribution in [0.2, 0.25) is 0 Å². The zero-order valence-corrected chi connectivity index (χ0v) is 18.4. The van der Waals surface area contributed by atoms with Crippen molar-refractivity contribution < 1.29 is 19.5 Å². The van der Waals surface area contributed by atoms with Gasteiger partial charge < -0.3 is 20.2 Å². The quantitative estimate of drug-likeness (QED) is 0.610. The predicted octanol–water partition coefficient (Wildman–Crippen LogP) is 2.30. The topological polar surface area (TPSA) is 90.0 Å². The lowest BCUT2D eigenvalue weighted by Crippen LogP contribution is -2.52. The molecule has 2 N–H and O–H groups in total. The maximum atomic E-state index is 12.3. The molecule has 1 saturated carbocycles. The van der Waals surface area contributed by atoms with E-state index in [2.05, 4.69) is 48.6 Å². The fraction of sp³-hybridized carbons (Fsp3) is 0.609. The van der Waals surface area contributed by atoms with Crippen LogP contribution >= 0.6 is 0 Å². The lowest BCUT2D eigenvalue weighted by molar-refractivity contribution is -0.143. The normalized spacial score (nSPS) is 21.3. The molecule has 2 rings (SSSR count). The Balaban J connectivity index is 1.75. The zero-order valence-electron chi connectivity index (χ0n) is 18.4. The second kappa shape index (κ2) is 11.1. The first kappa shape index (κ1) is 23.9. The van der Waals surface area contributed by atoms with E-state index in [1.807, 2.05) is 6.07 Å². The van der Waals surface area contributed by atoms with E-state index in [1.54, 1.807) is 0 Å². The number of nitrogens with one attached hydrogen (secondary N) is 1. The molecular weight excluding hydrogens is 382 g/mol. The van der Waals surface area contributed by atoms with Crippen LogP contribution in [-0.4, -0.2) is 72.0 Å². The van der Waals surface area contributed by atoms with E-state index >= 15 is 0 Å². The highest BCUT2D eigenvalue weighted by Gasteiger charge is 2.37. The third-order valence-corrected chi connectivity index (χ3v) is 6.20. The molecule has 1 fully saturated rings. The second-order valence-electron chi connectivity index (χ2n) is 8.62. The van der Waals surface area contributed by atoms with E-state index in [0.29, 0.717) is 6.42 Å². The van der Waals surface area contributed by atoms with Crippen molar-refractivity contribution in [2.24, 2.45) is 0 Å². The Morgan fingerprint density at radius 2 is 1.70 bits per heavy atom. The minimum absolute atomic E-state index is 0.0332. The van der Waals surface area contributed by atoms with Crippen molar-refractivity contribution in [2.45, 2.75) is 62.9 Å². The molecule has 30 heavy (non-hydrogen) atoms. The number of carboxylic acid groups (broad SMARTS) is 1. The molecule has 166 valence electrons. The third-order valence-electron chi connectivity index (χ3n) is 6.20. The van der Waals surface area contributed by atoms with E-state index in [0.717, 1.165) is 32.1 Å².